The second-order valence-electron chi connectivity index (χ2n) is 24.0. The van der Waals surface area contributed by atoms with Gasteiger partial charge in [0.2, 0.25) is 23.6 Å². The van der Waals surface area contributed by atoms with Crippen LogP contribution >= 0.6 is 0 Å². The van der Waals surface area contributed by atoms with Crippen molar-refractivity contribution in [2.24, 2.45) is 16.6 Å². The zero-order valence-corrected chi connectivity index (χ0v) is 46.2. The van der Waals surface area contributed by atoms with Crippen molar-refractivity contribution < 1.29 is 23.9 Å². The van der Waals surface area contributed by atoms with Crippen LogP contribution in [0.4, 0.5) is 4.79 Å². The van der Waals surface area contributed by atoms with E-state index in [2.05, 4.69) is 118 Å². The predicted molar refractivity (Wildman–Crippen MR) is 294 cm³/mol. The summed E-state index contributed by atoms with van der Waals surface area (Å²) >= 11 is 0. The Bertz CT molecular complexity index is 2760. The lowest BCUT2D eigenvalue weighted by Gasteiger charge is -2.32. The van der Waals surface area contributed by atoms with E-state index in [1.165, 1.54) is 16.7 Å². The number of aryl methyl sites for hydroxylation is 4. The number of nitrogens with two attached hydrogens (primary N) is 1. The van der Waals surface area contributed by atoms with E-state index < -0.39 is 10.8 Å². The molecule has 5 aliphatic heterocycles. The maximum Gasteiger partial charge on any atom is 0.317 e. The summed E-state index contributed by atoms with van der Waals surface area (Å²) < 4.78 is 12.6. The van der Waals surface area contributed by atoms with Gasteiger partial charge in [-0.25, -0.2) is 4.79 Å². The van der Waals surface area contributed by atoms with Gasteiger partial charge in [-0.2, -0.15) is 0 Å². The molecular weight excluding hydrogens is 941 g/mol. The fourth-order valence-electron chi connectivity index (χ4n) is 12.7. The summed E-state index contributed by atoms with van der Waals surface area (Å²) in [5.74, 6) is 1.74. The molecule has 0 aliphatic carbocycles. The number of benzene rings is 2. The highest BCUT2D eigenvalue weighted by atomic mass is 16.5. The number of aromatic amines is 2. The molecule has 0 saturated carbocycles. The van der Waals surface area contributed by atoms with Crippen LogP contribution in [0.25, 0.3) is 22.5 Å². The number of urea groups is 1. The fourth-order valence-corrected chi connectivity index (χ4v) is 12.7. The minimum absolute atomic E-state index is 0.0562. The summed E-state index contributed by atoms with van der Waals surface area (Å²) in [6.45, 7) is 23.3. The molecule has 15 nitrogen and oxygen atoms in total. The molecule has 4 bridgehead atoms. The topological polar surface area (TPSA) is 188 Å². The number of likely N-dealkylation sites (tertiary alicyclic amines) is 1. The Morgan fingerprint density at radius 2 is 1.07 bits per heavy atom. The molecule has 15 heteroatoms. The monoisotopic (exact) mass is 1020 g/mol. The van der Waals surface area contributed by atoms with Crippen molar-refractivity contribution in [2.75, 3.05) is 39.4 Å². The number of hydrogen-bond acceptors (Lipinski definition) is 9. The molecule has 5 saturated heterocycles. The number of amides is 4. The number of pyridine rings is 1. The van der Waals surface area contributed by atoms with Crippen LogP contribution in [0.2, 0.25) is 0 Å². The number of rotatable bonds is 16. The minimum Gasteiger partial charge on any atom is -0.475 e. The van der Waals surface area contributed by atoms with Crippen LogP contribution in [-0.2, 0) is 9.59 Å². The lowest BCUT2D eigenvalue weighted by Crippen LogP contribution is -2.46. The van der Waals surface area contributed by atoms with Crippen molar-refractivity contribution in [3.63, 3.8) is 0 Å². The smallest absolute Gasteiger partial charge is 0.317 e. The third-order valence-electron chi connectivity index (χ3n) is 16.8. The third-order valence-corrected chi connectivity index (χ3v) is 16.8. The molecule has 5 aromatic rings. The van der Waals surface area contributed by atoms with Crippen molar-refractivity contribution in [1.82, 2.24) is 45.4 Å². The zero-order chi connectivity index (χ0) is 53.3. The maximum absolute atomic E-state index is 13.6. The van der Waals surface area contributed by atoms with Crippen LogP contribution in [0.5, 0.6) is 11.8 Å². The van der Waals surface area contributed by atoms with Crippen LogP contribution in [0.3, 0.4) is 0 Å². The normalized spacial score (nSPS) is 21.8. The Kier molecular flexibility index (Phi) is 15.8. The quantitative estimate of drug-likeness (QED) is 0.0746. The van der Waals surface area contributed by atoms with Gasteiger partial charge in [0, 0.05) is 96.2 Å². The van der Waals surface area contributed by atoms with E-state index in [1.807, 2.05) is 57.1 Å². The molecule has 402 valence electrons. The van der Waals surface area contributed by atoms with Crippen LogP contribution in [0, 0.1) is 38.5 Å². The number of H-pyrrole nitrogens is 2. The van der Waals surface area contributed by atoms with E-state index in [0.717, 1.165) is 109 Å². The van der Waals surface area contributed by atoms with Crippen molar-refractivity contribution >= 4 is 17.8 Å². The van der Waals surface area contributed by atoms with Crippen molar-refractivity contribution in [2.45, 2.75) is 169 Å². The summed E-state index contributed by atoms with van der Waals surface area (Å²) in [5, 5.41) is 18.7. The zero-order valence-electron chi connectivity index (χ0n) is 46.2. The lowest BCUT2D eigenvalue weighted by molar-refractivity contribution is -0.144. The van der Waals surface area contributed by atoms with Crippen LogP contribution < -0.4 is 20.5 Å². The minimum atomic E-state index is -0.681. The molecule has 3 atom stereocenters. The molecule has 5 aliphatic rings. The molecule has 5 fully saturated rings. The number of nitrogens with one attached hydrogen (secondary N) is 3. The molecule has 5 N–H and O–H groups in total. The first-order chi connectivity index (χ1) is 35.8. The second-order valence-corrected chi connectivity index (χ2v) is 24.0. The van der Waals surface area contributed by atoms with Gasteiger partial charge in [0.15, 0.2) is 0 Å². The predicted octanol–water partition coefficient (Wildman–Crippen LogP) is 10.3. The van der Waals surface area contributed by atoms with Gasteiger partial charge >= 0.3 is 6.03 Å². The van der Waals surface area contributed by atoms with Crippen molar-refractivity contribution in [1.29, 1.82) is 0 Å². The molecule has 0 radical (unpaired) electrons. The van der Waals surface area contributed by atoms with Gasteiger partial charge in [0.1, 0.15) is 13.2 Å². The molecular formula is C60H82N10O5. The highest BCUT2D eigenvalue weighted by Gasteiger charge is 2.48. The Hall–Kier alpha value is -6.22. The lowest BCUT2D eigenvalue weighted by atomic mass is 9.92. The number of nitrogens with zero attached hydrogens (tertiary/aromatic N) is 6. The number of fused-ring (bicyclic) bond motifs is 4. The molecule has 8 heterocycles. The van der Waals surface area contributed by atoms with Crippen LogP contribution in [0.1, 0.15) is 156 Å². The van der Waals surface area contributed by atoms with Gasteiger partial charge in [0.05, 0.1) is 22.2 Å². The molecule has 0 spiro atoms. The first-order valence-electron chi connectivity index (χ1n) is 27.7. The molecule has 75 heavy (non-hydrogen) atoms. The van der Waals surface area contributed by atoms with Crippen molar-refractivity contribution in [3.05, 3.63) is 99.9 Å². The number of aromatic nitrogens is 5. The standard InChI is InChI=1S/C35H46N6O3.C25H36N4O2/c1-22-16-23(2)18-27(17-22)31-30(24(3)19-37-34(43)40-15-12-26(20-40)25-10-13-36-14-11-25)32(39-38-31)44-21-35(4,5)33(42)41-28-6-7-29(41)9-8-28;1-15-10-16(2)12-18(11-15)22-21(17(3)13-26)23(28-27-22)31-14-25(4,5)24(30)29-19-6-7-20(29)9-8-19/h10-11,13-14,16-18,24,26,28-29H,6-9,12,15,19-21H2,1-5H3,(H,37,43)(H,38,39);10-12,17,19-20H,6-9,13-14,26H2,1-5H3,(H,27,28)/t24-,26?,28?,29?;17-,19?,20?/m11/s1. The number of carbonyl (C=O) groups excluding carboxylic acids is 3. The van der Waals surface area contributed by atoms with Crippen LogP contribution in [0.15, 0.2) is 60.9 Å². The molecule has 1 unspecified atom stereocenters. The van der Waals surface area contributed by atoms with E-state index in [0.29, 0.717) is 68.1 Å². The largest absolute Gasteiger partial charge is 0.475 e. The molecule has 10 rings (SSSR count). The highest BCUT2D eigenvalue weighted by molar-refractivity contribution is 5.84. The van der Waals surface area contributed by atoms with E-state index in [9.17, 15) is 14.4 Å². The fraction of sp³-hybridized carbons (Fsp3) is 0.567. The summed E-state index contributed by atoms with van der Waals surface area (Å²) in [7, 11) is 0. The first-order valence-corrected chi connectivity index (χ1v) is 27.7. The van der Waals surface area contributed by atoms with Crippen molar-refractivity contribution in [3.8, 4) is 34.3 Å². The van der Waals surface area contributed by atoms with Gasteiger partial charge in [0.25, 0.3) is 0 Å². The third kappa shape index (κ3) is 11.5. The molecule has 2 aromatic carbocycles. The second kappa shape index (κ2) is 22.2. The Balaban J connectivity index is 0.000000195. The Morgan fingerprint density at radius 3 is 1.48 bits per heavy atom. The molecule has 3 aromatic heterocycles. The Morgan fingerprint density at radius 1 is 0.653 bits per heavy atom. The van der Waals surface area contributed by atoms with Gasteiger partial charge in [-0.1, -0.05) is 48.2 Å². The SMILES string of the molecule is Cc1cc(C)cc(-c2[nH]nc(OCC(C)(C)C(=O)N3C4CCC3CC4)c2[C@H](C)CN)c1.Cc1cc(C)cc(-c2[nH]nc(OCC(C)(C)C(=O)N3C4CCC3CC4)c2[C@H](C)CNC(=O)N2CCC(c3ccncc3)C2)c1. The number of ether oxygens (including phenoxy) is 2. The van der Waals surface area contributed by atoms with Crippen LogP contribution in [-0.4, -0.2) is 121 Å². The first kappa shape index (κ1) is 53.6. The van der Waals surface area contributed by atoms with Gasteiger partial charge in [-0.15, -0.1) is 10.2 Å². The highest BCUT2D eigenvalue weighted by Crippen LogP contribution is 2.43. The summed E-state index contributed by atoms with van der Waals surface area (Å²) in [5.41, 5.74) is 16.5. The van der Waals surface area contributed by atoms with E-state index in [1.54, 1.807) is 0 Å². The van der Waals surface area contributed by atoms with E-state index in [4.69, 9.17) is 15.2 Å². The van der Waals surface area contributed by atoms with Gasteiger partial charge in [-0.05, 0) is 162 Å². The van der Waals surface area contributed by atoms with E-state index >= 15 is 0 Å². The average Bonchev–Trinajstić information content (AvgIpc) is 4.28. The summed E-state index contributed by atoms with van der Waals surface area (Å²) in [6.07, 6.45) is 13.6. The Labute approximate surface area is 444 Å². The average molecular weight is 1020 g/mol. The van der Waals surface area contributed by atoms with Gasteiger partial charge in [-0.3, -0.25) is 24.8 Å². The number of carbonyl (C=O) groups is 3. The van der Waals surface area contributed by atoms with Gasteiger partial charge < -0.3 is 35.2 Å². The summed E-state index contributed by atoms with van der Waals surface area (Å²) in [6, 6.07) is 18.5. The molecule has 4 amide bonds. The summed E-state index contributed by atoms with van der Waals surface area (Å²) in [4.78, 5) is 50.5. The van der Waals surface area contributed by atoms with E-state index in [-0.39, 0.29) is 36.3 Å². The maximum atomic E-state index is 13.6. The number of hydrogen-bond donors (Lipinski definition) is 4.